The Balaban J connectivity index is 2.82. The van der Waals surface area contributed by atoms with E-state index >= 15 is 0 Å². The Bertz CT molecular complexity index is 557. The number of sulfonamides is 1. The molecule has 1 aromatic carbocycles. The Kier molecular flexibility index (Phi) is 5.78. The first-order chi connectivity index (χ1) is 8.86. The van der Waals surface area contributed by atoms with Crippen molar-refractivity contribution < 1.29 is 17.9 Å². The van der Waals surface area contributed by atoms with Gasteiger partial charge in [0.15, 0.2) is 0 Å². The number of hydrogen-bond acceptors (Lipinski definition) is 4. The lowest BCUT2D eigenvalue weighted by atomic mass is 10.2. The molecule has 0 aliphatic heterocycles. The molecule has 0 saturated heterocycles. The summed E-state index contributed by atoms with van der Waals surface area (Å²) in [5, 5.41) is 4.98. The molecule has 0 radical (unpaired) electrons. The number of esters is 1. The number of carbonyl (C=O) groups is 1. The van der Waals surface area contributed by atoms with E-state index in [1.54, 1.807) is 0 Å². The Morgan fingerprint density at radius 1 is 1.37 bits per heavy atom. The topological polar surface area (TPSA) is 86.5 Å². The van der Waals surface area contributed by atoms with Crippen LogP contribution < -0.4 is 5.14 Å². The quantitative estimate of drug-likeness (QED) is 0.645. The van der Waals surface area contributed by atoms with E-state index in [0.717, 1.165) is 25.3 Å². The number of unbranched alkanes of at least 4 members (excludes halogenated alkanes) is 2. The van der Waals surface area contributed by atoms with Gasteiger partial charge in [-0.2, -0.15) is 0 Å². The number of benzene rings is 1. The molecule has 0 unspecified atom stereocenters. The molecule has 0 fully saturated rings. The van der Waals surface area contributed by atoms with Gasteiger partial charge in [0.1, 0.15) is 4.90 Å². The molecule has 2 N–H and O–H groups in total. The van der Waals surface area contributed by atoms with Gasteiger partial charge in [-0.25, -0.2) is 18.4 Å². The van der Waals surface area contributed by atoms with Gasteiger partial charge in [-0.1, -0.05) is 31.4 Å². The van der Waals surface area contributed by atoms with Crippen molar-refractivity contribution in [3.63, 3.8) is 0 Å². The minimum absolute atomic E-state index is 0.0231. The summed E-state index contributed by atoms with van der Waals surface area (Å²) in [6.45, 7) is 2.35. The van der Waals surface area contributed by atoms with Crippen LogP contribution in [-0.4, -0.2) is 21.0 Å². The fourth-order valence-electron chi connectivity index (χ4n) is 1.45. The third-order valence-electron chi connectivity index (χ3n) is 2.45. The molecular weight excluding hydrogens is 290 g/mol. The predicted octanol–water partition coefficient (Wildman–Crippen LogP) is 2.33. The molecule has 0 spiro atoms. The Morgan fingerprint density at radius 2 is 2.05 bits per heavy atom. The van der Waals surface area contributed by atoms with Crippen LogP contribution in [0, 0.1) is 0 Å². The molecule has 106 valence electrons. The lowest BCUT2D eigenvalue weighted by molar-refractivity contribution is 0.0498. The van der Waals surface area contributed by atoms with Crippen LogP contribution >= 0.6 is 11.6 Å². The van der Waals surface area contributed by atoms with Gasteiger partial charge >= 0.3 is 5.97 Å². The van der Waals surface area contributed by atoms with E-state index in [0.29, 0.717) is 6.61 Å². The number of nitrogens with two attached hydrogens (primary N) is 1. The van der Waals surface area contributed by atoms with Crippen LogP contribution in [0.4, 0.5) is 0 Å². The Labute approximate surface area is 117 Å². The average Bonchev–Trinajstić information content (AvgIpc) is 2.33. The van der Waals surface area contributed by atoms with Crippen LogP contribution in [0.3, 0.4) is 0 Å². The van der Waals surface area contributed by atoms with E-state index in [-0.39, 0.29) is 15.5 Å². The number of ether oxygens (including phenoxy) is 1. The second-order valence-corrected chi connectivity index (χ2v) is 5.97. The van der Waals surface area contributed by atoms with Crippen molar-refractivity contribution in [2.75, 3.05) is 6.61 Å². The van der Waals surface area contributed by atoms with E-state index in [1.165, 1.54) is 12.1 Å². The number of halogens is 1. The fourth-order valence-corrected chi connectivity index (χ4v) is 2.52. The molecule has 19 heavy (non-hydrogen) atoms. The third kappa shape index (κ3) is 4.81. The summed E-state index contributed by atoms with van der Waals surface area (Å²) in [7, 11) is -3.96. The fraction of sp³-hybridized carbons (Fsp3) is 0.417. The molecule has 0 heterocycles. The normalized spacial score (nSPS) is 11.3. The van der Waals surface area contributed by atoms with Crippen molar-refractivity contribution in [3.8, 4) is 0 Å². The molecule has 0 aliphatic rings. The first-order valence-corrected chi connectivity index (χ1v) is 7.78. The lowest BCUT2D eigenvalue weighted by Crippen LogP contribution is -2.14. The smallest absolute Gasteiger partial charge is 0.338 e. The van der Waals surface area contributed by atoms with Crippen LogP contribution in [0.5, 0.6) is 0 Å². The van der Waals surface area contributed by atoms with Crippen LogP contribution in [0.2, 0.25) is 5.02 Å². The van der Waals surface area contributed by atoms with Crippen molar-refractivity contribution in [1.29, 1.82) is 0 Å². The molecule has 0 atom stereocenters. The van der Waals surface area contributed by atoms with E-state index < -0.39 is 16.0 Å². The number of primary sulfonamides is 1. The summed E-state index contributed by atoms with van der Waals surface area (Å²) in [5.74, 6) is -0.585. The second-order valence-electron chi connectivity index (χ2n) is 4.03. The monoisotopic (exact) mass is 305 g/mol. The van der Waals surface area contributed by atoms with E-state index in [2.05, 4.69) is 0 Å². The van der Waals surface area contributed by atoms with Crippen LogP contribution in [0.15, 0.2) is 23.1 Å². The summed E-state index contributed by atoms with van der Waals surface area (Å²) in [4.78, 5) is 11.4. The lowest BCUT2D eigenvalue weighted by Gasteiger charge is -2.06. The molecule has 0 aromatic heterocycles. The van der Waals surface area contributed by atoms with Crippen LogP contribution in [0.1, 0.15) is 36.5 Å². The number of carbonyl (C=O) groups excluding carboxylic acids is 1. The van der Waals surface area contributed by atoms with Crippen molar-refractivity contribution in [2.24, 2.45) is 5.14 Å². The maximum atomic E-state index is 11.7. The SMILES string of the molecule is CCCCCOC(=O)c1ccc(Cl)c(S(N)(=O)=O)c1. The van der Waals surface area contributed by atoms with Gasteiger partial charge in [0.2, 0.25) is 10.0 Å². The molecule has 0 saturated carbocycles. The summed E-state index contributed by atoms with van der Waals surface area (Å²) in [6, 6.07) is 3.84. The second kappa shape index (κ2) is 6.88. The largest absolute Gasteiger partial charge is 0.462 e. The molecule has 7 heteroatoms. The number of rotatable bonds is 6. The molecule has 0 aliphatic carbocycles. The van der Waals surface area contributed by atoms with E-state index in [9.17, 15) is 13.2 Å². The molecule has 5 nitrogen and oxygen atoms in total. The zero-order valence-electron chi connectivity index (χ0n) is 10.6. The highest BCUT2D eigenvalue weighted by molar-refractivity contribution is 7.89. The third-order valence-corrected chi connectivity index (χ3v) is 3.85. The summed E-state index contributed by atoms with van der Waals surface area (Å²) >= 11 is 5.72. The molecule has 1 aromatic rings. The van der Waals surface area contributed by atoms with Crippen molar-refractivity contribution >= 4 is 27.6 Å². The average molecular weight is 306 g/mol. The van der Waals surface area contributed by atoms with Gasteiger partial charge < -0.3 is 4.74 Å². The summed E-state index contributed by atoms with van der Waals surface area (Å²) < 4.78 is 27.6. The first kappa shape index (κ1) is 15.9. The Morgan fingerprint density at radius 3 is 2.63 bits per heavy atom. The zero-order valence-corrected chi connectivity index (χ0v) is 12.1. The minimum Gasteiger partial charge on any atom is -0.462 e. The molecule has 0 amide bonds. The van der Waals surface area contributed by atoms with Crippen molar-refractivity contribution in [1.82, 2.24) is 0 Å². The number of hydrogen-bond donors (Lipinski definition) is 1. The maximum Gasteiger partial charge on any atom is 0.338 e. The first-order valence-electron chi connectivity index (χ1n) is 5.85. The van der Waals surface area contributed by atoms with Crippen LogP contribution in [-0.2, 0) is 14.8 Å². The van der Waals surface area contributed by atoms with Gasteiger partial charge in [-0.05, 0) is 24.6 Å². The summed E-state index contributed by atoms with van der Waals surface area (Å²) in [5.41, 5.74) is 0.116. The van der Waals surface area contributed by atoms with Gasteiger partial charge in [0, 0.05) is 0 Å². The standard InChI is InChI=1S/C12H16ClNO4S/c1-2-3-4-7-18-12(15)9-5-6-10(13)11(8-9)19(14,16)17/h5-6,8H,2-4,7H2,1H3,(H2,14,16,17). The highest BCUT2D eigenvalue weighted by Crippen LogP contribution is 2.21. The van der Waals surface area contributed by atoms with Crippen molar-refractivity contribution in [2.45, 2.75) is 31.1 Å². The van der Waals surface area contributed by atoms with Gasteiger partial charge in [-0.15, -0.1) is 0 Å². The molecule has 0 bridgehead atoms. The predicted molar refractivity (Wildman–Crippen MR) is 72.6 cm³/mol. The minimum atomic E-state index is -3.96. The van der Waals surface area contributed by atoms with E-state index in [1.807, 2.05) is 6.92 Å². The van der Waals surface area contributed by atoms with E-state index in [4.69, 9.17) is 21.5 Å². The highest BCUT2D eigenvalue weighted by Gasteiger charge is 2.16. The van der Waals surface area contributed by atoms with Gasteiger partial charge in [-0.3, -0.25) is 0 Å². The Hall–Kier alpha value is -1.11. The van der Waals surface area contributed by atoms with Crippen LogP contribution in [0.25, 0.3) is 0 Å². The highest BCUT2D eigenvalue weighted by atomic mass is 35.5. The maximum absolute atomic E-state index is 11.7. The van der Waals surface area contributed by atoms with Crippen molar-refractivity contribution in [3.05, 3.63) is 28.8 Å². The zero-order chi connectivity index (χ0) is 14.5. The summed E-state index contributed by atoms with van der Waals surface area (Å²) in [6.07, 6.45) is 2.77. The molecule has 1 rings (SSSR count). The van der Waals surface area contributed by atoms with Gasteiger partial charge in [0.05, 0.1) is 17.2 Å². The van der Waals surface area contributed by atoms with Gasteiger partial charge in [0.25, 0.3) is 0 Å². The molecular formula is C12H16ClNO4S.